The number of hydrogen-bond donors (Lipinski definition) is 2. The molecule has 0 aliphatic heterocycles. The molecule has 0 aliphatic carbocycles. The van der Waals surface area contributed by atoms with Crippen LogP contribution in [-0.2, 0) is 4.79 Å². The maximum absolute atomic E-state index is 12.3. The molecular weight excluding hydrogens is 382 g/mol. The van der Waals surface area contributed by atoms with Gasteiger partial charge in [0.15, 0.2) is 11.5 Å². The molecule has 2 rings (SSSR count). The SMILES string of the molecule is COc1cc(C=CC(=O)NNC(=O)c2ccc(Cl)cc2)ccc1OC(F)F. The number of alkyl halides is 2. The Balaban J connectivity index is 1.94. The summed E-state index contributed by atoms with van der Waals surface area (Å²) in [5.74, 6) is -1.13. The Morgan fingerprint density at radius 2 is 1.78 bits per heavy atom. The zero-order valence-corrected chi connectivity index (χ0v) is 14.8. The average molecular weight is 397 g/mol. The van der Waals surface area contributed by atoms with E-state index in [4.69, 9.17) is 16.3 Å². The number of hydrazine groups is 1. The Hall–Kier alpha value is -3.13. The van der Waals surface area contributed by atoms with Gasteiger partial charge in [0.1, 0.15) is 0 Å². The van der Waals surface area contributed by atoms with Crippen molar-refractivity contribution in [2.45, 2.75) is 6.61 Å². The molecule has 0 spiro atoms. The van der Waals surface area contributed by atoms with Crippen LogP contribution < -0.4 is 20.3 Å². The van der Waals surface area contributed by atoms with Crippen molar-refractivity contribution < 1.29 is 27.8 Å². The molecule has 9 heteroatoms. The molecule has 0 aromatic heterocycles. The van der Waals surface area contributed by atoms with Gasteiger partial charge in [0.05, 0.1) is 7.11 Å². The smallest absolute Gasteiger partial charge is 0.387 e. The predicted molar refractivity (Wildman–Crippen MR) is 95.7 cm³/mol. The van der Waals surface area contributed by atoms with Gasteiger partial charge in [-0.05, 0) is 48.0 Å². The summed E-state index contributed by atoms with van der Waals surface area (Å²) in [5.41, 5.74) is 5.29. The molecule has 142 valence electrons. The minimum atomic E-state index is -2.98. The number of benzene rings is 2. The number of amides is 2. The van der Waals surface area contributed by atoms with E-state index in [0.717, 1.165) is 6.08 Å². The van der Waals surface area contributed by atoms with Crippen LogP contribution in [0.4, 0.5) is 8.78 Å². The van der Waals surface area contributed by atoms with Gasteiger partial charge in [-0.3, -0.25) is 20.4 Å². The summed E-state index contributed by atoms with van der Waals surface area (Å²) in [6.07, 6.45) is 2.57. The lowest BCUT2D eigenvalue weighted by molar-refractivity contribution is -0.117. The summed E-state index contributed by atoms with van der Waals surface area (Å²) in [6, 6.07) is 10.3. The largest absolute Gasteiger partial charge is 0.493 e. The molecule has 0 heterocycles. The highest BCUT2D eigenvalue weighted by Crippen LogP contribution is 2.29. The molecule has 0 radical (unpaired) electrons. The summed E-state index contributed by atoms with van der Waals surface area (Å²) in [6.45, 7) is -2.98. The van der Waals surface area contributed by atoms with Gasteiger partial charge in [-0.2, -0.15) is 8.78 Å². The van der Waals surface area contributed by atoms with E-state index in [2.05, 4.69) is 15.6 Å². The minimum absolute atomic E-state index is 0.0916. The fraction of sp³-hybridized carbons (Fsp3) is 0.111. The molecule has 0 atom stereocenters. The molecule has 2 aromatic rings. The fourth-order valence-corrected chi connectivity index (χ4v) is 2.11. The van der Waals surface area contributed by atoms with E-state index in [0.29, 0.717) is 16.1 Å². The van der Waals surface area contributed by atoms with Gasteiger partial charge in [-0.15, -0.1) is 0 Å². The van der Waals surface area contributed by atoms with E-state index in [9.17, 15) is 18.4 Å². The third-order valence-corrected chi connectivity index (χ3v) is 3.49. The fourth-order valence-electron chi connectivity index (χ4n) is 1.99. The molecule has 0 fully saturated rings. The molecule has 0 bridgehead atoms. The van der Waals surface area contributed by atoms with Crippen molar-refractivity contribution in [2.24, 2.45) is 0 Å². The minimum Gasteiger partial charge on any atom is -0.493 e. The van der Waals surface area contributed by atoms with Crippen LogP contribution in [0.25, 0.3) is 6.08 Å². The molecule has 27 heavy (non-hydrogen) atoms. The number of nitrogens with one attached hydrogen (secondary N) is 2. The van der Waals surface area contributed by atoms with Crippen LogP contribution in [0.15, 0.2) is 48.5 Å². The van der Waals surface area contributed by atoms with Crippen LogP contribution in [0.1, 0.15) is 15.9 Å². The van der Waals surface area contributed by atoms with Gasteiger partial charge in [-0.25, -0.2) is 0 Å². The maximum atomic E-state index is 12.3. The topological polar surface area (TPSA) is 76.7 Å². The highest BCUT2D eigenvalue weighted by Gasteiger charge is 2.10. The van der Waals surface area contributed by atoms with Crippen molar-refractivity contribution in [2.75, 3.05) is 7.11 Å². The average Bonchev–Trinajstić information content (AvgIpc) is 2.65. The second kappa shape index (κ2) is 9.54. The standard InChI is InChI=1S/C18H15ClF2N2O4/c1-26-15-10-11(2-8-14(15)27-18(20)21)3-9-16(24)22-23-17(25)12-4-6-13(19)7-5-12/h2-10,18H,1H3,(H,22,24)(H,23,25). The quantitative estimate of drug-likeness (QED) is 0.579. The lowest BCUT2D eigenvalue weighted by atomic mass is 10.2. The van der Waals surface area contributed by atoms with Gasteiger partial charge in [0.2, 0.25) is 0 Å². The van der Waals surface area contributed by atoms with Gasteiger partial charge < -0.3 is 9.47 Å². The van der Waals surface area contributed by atoms with Crippen LogP contribution in [-0.4, -0.2) is 25.5 Å². The van der Waals surface area contributed by atoms with Gasteiger partial charge in [0.25, 0.3) is 11.8 Å². The van der Waals surface area contributed by atoms with Crippen molar-refractivity contribution in [3.8, 4) is 11.5 Å². The Bertz CT molecular complexity index is 842. The monoisotopic (exact) mass is 396 g/mol. The Morgan fingerprint density at radius 1 is 1.07 bits per heavy atom. The van der Waals surface area contributed by atoms with Gasteiger partial charge >= 0.3 is 6.61 Å². The third-order valence-electron chi connectivity index (χ3n) is 3.24. The lowest BCUT2D eigenvalue weighted by Crippen LogP contribution is -2.40. The number of carbonyl (C=O) groups is 2. The molecule has 0 aliphatic rings. The first-order valence-corrected chi connectivity index (χ1v) is 7.93. The molecule has 2 amide bonds. The van der Waals surface area contributed by atoms with E-state index in [1.165, 1.54) is 43.5 Å². The summed E-state index contributed by atoms with van der Waals surface area (Å²) in [4.78, 5) is 23.6. The highest BCUT2D eigenvalue weighted by atomic mass is 35.5. The first-order valence-electron chi connectivity index (χ1n) is 7.56. The predicted octanol–water partition coefficient (Wildman–Crippen LogP) is 3.42. The van der Waals surface area contributed by atoms with Crippen molar-refractivity contribution in [3.63, 3.8) is 0 Å². The Kier molecular flexibility index (Phi) is 7.13. The summed E-state index contributed by atoms with van der Waals surface area (Å²) >= 11 is 5.73. The molecule has 2 N–H and O–H groups in total. The van der Waals surface area contributed by atoms with Crippen LogP contribution in [0.5, 0.6) is 11.5 Å². The van der Waals surface area contributed by atoms with Gasteiger partial charge in [0, 0.05) is 16.7 Å². The maximum Gasteiger partial charge on any atom is 0.387 e. The zero-order chi connectivity index (χ0) is 19.8. The number of rotatable bonds is 6. The van der Waals surface area contributed by atoms with Gasteiger partial charge in [-0.1, -0.05) is 17.7 Å². The molecule has 6 nitrogen and oxygen atoms in total. The van der Waals surface area contributed by atoms with E-state index in [1.54, 1.807) is 12.1 Å². The molecule has 0 saturated carbocycles. The van der Waals surface area contributed by atoms with Crippen LogP contribution in [0.2, 0.25) is 5.02 Å². The number of methoxy groups -OCH3 is 1. The zero-order valence-electron chi connectivity index (χ0n) is 14.0. The van der Waals surface area contributed by atoms with Crippen molar-refractivity contribution in [3.05, 3.63) is 64.7 Å². The summed E-state index contributed by atoms with van der Waals surface area (Å²) in [5, 5.41) is 0.485. The van der Waals surface area contributed by atoms with E-state index >= 15 is 0 Å². The second-order valence-corrected chi connectivity index (χ2v) is 5.51. The highest BCUT2D eigenvalue weighted by molar-refractivity contribution is 6.30. The number of carbonyl (C=O) groups excluding carboxylic acids is 2. The summed E-state index contributed by atoms with van der Waals surface area (Å²) < 4.78 is 33.9. The third kappa shape index (κ3) is 6.27. The molecule has 2 aromatic carbocycles. The first-order chi connectivity index (χ1) is 12.9. The Labute approximate surface area is 158 Å². The lowest BCUT2D eigenvalue weighted by Gasteiger charge is -2.10. The van der Waals surface area contributed by atoms with Crippen LogP contribution in [0, 0.1) is 0 Å². The first kappa shape index (κ1) is 20.2. The van der Waals surface area contributed by atoms with E-state index in [1.807, 2.05) is 0 Å². The second-order valence-electron chi connectivity index (χ2n) is 5.07. The molecule has 0 saturated heterocycles. The van der Waals surface area contributed by atoms with Crippen molar-refractivity contribution in [1.29, 1.82) is 0 Å². The van der Waals surface area contributed by atoms with Crippen molar-refractivity contribution in [1.82, 2.24) is 10.9 Å². The summed E-state index contributed by atoms with van der Waals surface area (Å²) in [7, 11) is 1.31. The van der Waals surface area contributed by atoms with Crippen LogP contribution in [0.3, 0.4) is 0 Å². The van der Waals surface area contributed by atoms with Crippen molar-refractivity contribution >= 4 is 29.5 Å². The number of hydrogen-bond acceptors (Lipinski definition) is 4. The number of ether oxygens (including phenoxy) is 2. The van der Waals surface area contributed by atoms with E-state index < -0.39 is 18.4 Å². The normalized spacial score (nSPS) is 10.7. The Morgan fingerprint density at radius 3 is 2.41 bits per heavy atom. The number of halogens is 3. The molecule has 0 unspecified atom stereocenters. The molecular formula is C18H15ClF2N2O4. The van der Waals surface area contributed by atoms with E-state index in [-0.39, 0.29) is 11.5 Å². The van der Waals surface area contributed by atoms with Crippen LogP contribution >= 0.6 is 11.6 Å².